The molecule has 2 nitrogen and oxygen atoms in total. The van der Waals surface area contributed by atoms with E-state index in [0.29, 0.717) is 23.9 Å². The van der Waals surface area contributed by atoms with Gasteiger partial charge in [0.25, 0.3) is 0 Å². The van der Waals surface area contributed by atoms with E-state index in [1.807, 2.05) is 0 Å². The van der Waals surface area contributed by atoms with Gasteiger partial charge < -0.3 is 9.47 Å². The largest absolute Gasteiger partial charge is 0.370 e. The molecule has 0 bridgehead atoms. The summed E-state index contributed by atoms with van der Waals surface area (Å²) in [6.45, 7) is 2.29. The lowest BCUT2D eigenvalue weighted by molar-refractivity contribution is 0.174. The molecule has 2 heterocycles. The van der Waals surface area contributed by atoms with Crippen LogP contribution in [0.2, 0.25) is 0 Å². The Hall–Kier alpha value is -0.0800. The van der Waals surface area contributed by atoms with Crippen LogP contribution in [0.1, 0.15) is 51.9 Å². The first-order chi connectivity index (χ1) is 7.81. The Labute approximate surface area is 97.7 Å². The van der Waals surface area contributed by atoms with Crippen LogP contribution in [-0.2, 0) is 9.47 Å². The van der Waals surface area contributed by atoms with Crippen LogP contribution in [0.5, 0.6) is 0 Å². The first-order valence-corrected chi connectivity index (χ1v) is 7.14. The Morgan fingerprint density at radius 1 is 1.06 bits per heavy atom. The highest BCUT2D eigenvalue weighted by molar-refractivity contribution is 5.07. The van der Waals surface area contributed by atoms with Crippen molar-refractivity contribution in [3.63, 3.8) is 0 Å². The third-order valence-corrected chi connectivity index (χ3v) is 5.62. The summed E-state index contributed by atoms with van der Waals surface area (Å²) in [4.78, 5) is 0. The zero-order valence-corrected chi connectivity index (χ0v) is 10.2. The summed E-state index contributed by atoms with van der Waals surface area (Å²) in [6.07, 6.45) is 11.3. The van der Waals surface area contributed by atoms with Crippen molar-refractivity contribution < 1.29 is 9.47 Å². The van der Waals surface area contributed by atoms with E-state index in [1.165, 1.54) is 44.9 Å². The first-order valence-electron chi connectivity index (χ1n) is 7.14. The molecule has 0 spiro atoms. The monoisotopic (exact) mass is 222 g/mol. The fraction of sp³-hybridized carbons (Fsp3) is 1.00. The zero-order valence-electron chi connectivity index (χ0n) is 10.2. The van der Waals surface area contributed by atoms with Gasteiger partial charge >= 0.3 is 0 Å². The summed E-state index contributed by atoms with van der Waals surface area (Å²) >= 11 is 0. The van der Waals surface area contributed by atoms with Crippen LogP contribution in [0.15, 0.2) is 0 Å². The maximum atomic E-state index is 5.94. The van der Waals surface area contributed by atoms with Gasteiger partial charge in [-0.1, -0.05) is 6.92 Å². The molecule has 0 radical (unpaired) electrons. The molecule has 0 aromatic rings. The average Bonchev–Trinajstić information content (AvgIpc) is 3.21. The molecule has 0 N–H and O–H groups in total. The number of rotatable bonds is 2. The Kier molecular flexibility index (Phi) is 2.00. The Morgan fingerprint density at radius 3 is 2.75 bits per heavy atom. The average molecular weight is 222 g/mol. The predicted octanol–water partition coefficient (Wildman–Crippen LogP) is 2.90. The van der Waals surface area contributed by atoms with Gasteiger partial charge in [0.15, 0.2) is 0 Å². The van der Waals surface area contributed by atoms with Gasteiger partial charge in [0.1, 0.15) is 0 Å². The lowest BCUT2D eigenvalue weighted by atomic mass is 9.70. The van der Waals surface area contributed by atoms with Crippen molar-refractivity contribution in [2.75, 3.05) is 0 Å². The summed E-state index contributed by atoms with van der Waals surface area (Å²) in [7, 11) is 0. The lowest BCUT2D eigenvalue weighted by Gasteiger charge is -2.33. The van der Waals surface area contributed by atoms with Crippen LogP contribution in [0.4, 0.5) is 0 Å². The van der Waals surface area contributed by atoms with Crippen LogP contribution < -0.4 is 0 Å². The second-order valence-electron chi connectivity index (χ2n) is 6.35. The van der Waals surface area contributed by atoms with E-state index in [1.54, 1.807) is 0 Å². The molecule has 90 valence electrons. The Morgan fingerprint density at radius 2 is 1.94 bits per heavy atom. The van der Waals surface area contributed by atoms with Crippen molar-refractivity contribution in [2.24, 2.45) is 11.8 Å². The van der Waals surface area contributed by atoms with Gasteiger partial charge in [-0.25, -0.2) is 0 Å². The van der Waals surface area contributed by atoms with Crippen molar-refractivity contribution in [3.8, 4) is 0 Å². The minimum absolute atomic E-state index is 0.324. The second kappa shape index (κ2) is 3.23. The standard InChI is InChI=1S/C14H22O2/c1-2-14-8-10(4-6-13(14)16-14)9-3-5-11-12(7-9)15-11/h9-13H,2-8H2,1H3. The number of ether oxygens (including phenoxy) is 2. The van der Waals surface area contributed by atoms with Crippen molar-refractivity contribution in [1.82, 2.24) is 0 Å². The lowest BCUT2D eigenvalue weighted by Crippen LogP contribution is -2.31. The molecule has 2 saturated carbocycles. The van der Waals surface area contributed by atoms with Crippen LogP contribution in [0, 0.1) is 11.8 Å². The third kappa shape index (κ3) is 1.39. The van der Waals surface area contributed by atoms with E-state index < -0.39 is 0 Å². The van der Waals surface area contributed by atoms with Gasteiger partial charge in [-0.2, -0.15) is 0 Å². The van der Waals surface area contributed by atoms with Gasteiger partial charge in [0.05, 0.1) is 23.9 Å². The van der Waals surface area contributed by atoms with E-state index in [0.717, 1.165) is 11.8 Å². The van der Waals surface area contributed by atoms with Crippen molar-refractivity contribution in [3.05, 3.63) is 0 Å². The van der Waals surface area contributed by atoms with E-state index in [2.05, 4.69) is 6.92 Å². The topological polar surface area (TPSA) is 25.1 Å². The van der Waals surface area contributed by atoms with Crippen molar-refractivity contribution in [2.45, 2.75) is 75.8 Å². The maximum absolute atomic E-state index is 5.94. The number of hydrogen-bond donors (Lipinski definition) is 0. The minimum Gasteiger partial charge on any atom is -0.370 e. The Balaban J connectivity index is 1.43. The molecule has 0 aromatic heterocycles. The summed E-state index contributed by atoms with van der Waals surface area (Å²) in [5.74, 6) is 1.88. The fourth-order valence-electron chi connectivity index (χ4n) is 4.38. The van der Waals surface area contributed by atoms with Gasteiger partial charge in [-0.15, -0.1) is 0 Å². The number of fused-ring (bicyclic) bond motifs is 2. The van der Waals surface area contributed by atoms with Crippen LogP contribution in [0.25, 0.3) is 0 Å². The summed E-state index contributed by atoms with van der Waals surface area (Å²) in [5.41, 5.74) is 0.324. The molecule has 2 heteroatoms. The van der Waals surface area contributed by atoms with E-state index in [9.17, 15) is 0 Å². The molecule has 0 aromatic carbocycles. The molecular formula is C14H22O2. The van der Waals surface area contributed by atoms with Gasteiger partial charge in [0.2, 0.25) is 0 Å². The minimum atomic E-state index is 0.324. The van der Waals surface area contributed by atoms with Crippen molar-refractivity contribution >= 4 is 0 Å². The van der Waals surface area contributed by atoms with Crippen molar-refractivity contribution in [1.29, 1.82) is 0 Å². The molecule has 0 amide bonds. The number of hydrogen-bond acceptors (Lipinski definition) is 2. The molecule has 4 rings (SSSR count). The smallest absolute Gasteiger partial charge is 0.0948 e. The maximum Gasteiger partial charge on any atom is 0.0948 e. The van der Waals surface area contributed by atoms with Gasteiger partial charge in [-0.05, 0) is 56.8 Å². The highest BCUT2D eigenvalue weighted by atomic mass is 16.6. The van der Waals surface area contributed by atoms with Gasteiger partial charge in [0, 0.05) is 0 Å². The van der Waals surface area contributed by atoms with E-state index in [-0.39, 0.29) is 0 Å². The fourth-order valence-corrected chi connectivity index (χ4v) is 4.38. The molecule has 16 heavy (non-hydrogen) atoms. The van der Waals surface area contributed by atoms with Crippen LogP contribution >= 0.6 is 0 Å². The number of epoxide rings is 2. The van der Waals surface area contributed by atoms with Gasteiger partial charge in [-0.3, -0.25) is 0 Å². The summed E-state index contributed by atoms with van der Waals surface area (Å²) in [6, 6.07) is 0. The van der Waals surface area contributed by atoms with Crippen LogP contribution in [-0.4, -0.2) is 23.9 Å². The molecule has 4 aliphatic rings. The molecule has 2 saturated heterocycles. The third-order valence-electron chi connectivity index (χ3n) is 5.62. The molecule has 6 atom stereocenters. The quantitative estimate of drug-likeness (QED) is 0.671. The van der Waals surface area contributed by atoms with Crippen LogP contribution in [0.3, 0.4) is 0 Å². The molecule has 2 aliphatic carbocycles. The molecule has 2 aliphatic heterocycles. The predicted molar refractivity (Wildman–Crippen MR) is 61.2 cm³/mol. The highest BCUT2D eigenvalue weighted by Crippen LogP contribution is 2.55. The first kappa shape index (κ1) is 9.90. The second-order valence-corrected chi connectivity index (χ2v) is 6.35. The summed E-state index contributed by atoms with van der Waals surface area (Å²) < 4.78 is 11.6. The molecule has 6 unspecified atom stereocenters. The van der Waals surface area contributed by atoms with E-state index >= 15 is 0 Å². The SMILES string of the molecule is CCC12CC(C3CCC4OC4C3)CCC1O2. The highest BCUT2D eigenvalue weighted by Gasteiger charge is 2.59. The molecule has 4 fully saturated rings. The summed E-state index contributed by atoms with van der Waals surface area (Å²) in [5, 5.41) is 0. The Bertz CT molecular complexity index is 303. The molecular weight excluding hydrogens is 200 g/mol. The van der Waals surface area contributed by atoms with E-state index in [4.69, 9.17) is 9.47 Å². The normalized spacial score (nSPS) is 58.7. The zero-order chi connectivity index (χ0) is 10.8.